The number of aryl methyl sites for hydroxylation is 2. The summed E-state index contributed by atoms with van der Waals surface area (Å²) in [7, 11) is 0. The van der Waals surface area contributed by atoms with E-state index in [1.54, 1.807) is 24.3 Å². The first-order chi connectivity index (χ1) is 12.6. The Labute approximate surface area is 157 Å². The molecule has 0 bridgehead atoms. The second kappa shape index (κ2) is 8.31. The van der Waals surface area contributed by atoms with Gasteiger partial charge in [0.2, 0.25) is 0 Å². The molecule has 6 nitrogen and oxygen atoms in total. The summed E-state index contributed by atoms with van der Waals surface area (Å²) in [5.41, 5.74) is 2.27. The van der Waals surface area contributed by atoms with Crippen molar-refractivity contribution in [2.45, 2.75) is 52.0 Å². The average molecular weight is 372 g/mol. The topological polar surface area (TPSA) is 83.1 Å². The molecule has 1 fully saturated rings. The predicted octanol–water partition coefficient (Wildman–Crippen LogP) is 4.19. The molecule has 0 aliphatic heterocycles. The van der Waals surface area contributed by atoms with Crippen LogP contribution in [0.4, 0.5) is 15.6 Å². The lowest BCUT2D eigenvalue weighted by Crippen LogP contribution is -2.30. The van der Waals surface area contributed by atoms with Gasteiger partial charge in [0, 0.05) is 22.2 Å². The molecule has 1 aromatic carbocycles. The molecule has 3 rings (SSSR count). The Bertz CT molecular complexity index is 781. The Morgan fingerprint density at radius 2 is 1.88 bits per heavy atom. The van der Waals surface area contributed by atoms with Crippen LogP contribution in [0.1, 0.15) is 54.0 Å². The molecule has 3 amide bonds. The molecule has 1 aliphatic rings. The second-order valence-corrected chi connectivity index (χ2v) is 7.48. The van der Waals surface area contributed by atoms with Gasteiger partial charge in [0.15, 0.2) is 5.13 Å². The number of amides is 3. The van der Waals surface area contributed by atoms with E-state index in [1.165, 1.54) is 16.2 Å². The first-order valence-electron chi connectivity index (χ1n) is 9.06. The van der Waals surface area contributed by atoms with Gasteiger partial charge < -0.3 is 10.6 Å². The van der Waals surface area contributed by atoms with Crippen LogP contribution < -0.4 is 16.0 Å². The first-order valence-corrected chi connectivity index (χ1v) is 9.88. The van der Waals surface area contributed by atoms with E-state index in [4.69, 9.17) is 0 Å². The highest BCUT2D eigenvalue weighted by atomic mass is 32.1. The van der Waals surface area contributed by atoms with Crippen LogP contribution in [0.15, 0.2) is 24.3 Å². The molecule has 0 saturated heterocycles. The number of urea groups is 1. The Hall–Kier alpha value is -2.41. The highest BCUT2D eigenvalue weighted by Gasteiger charge is 2.23. The lowest BCUT2D eigenvalue weighted by Gasteiger charge is -2.07. The highest BCUT2D eigenvalue weighted by molar-refractivity contribution is 7.15. The number of aromatic nitrogens is 1. The van der Waals surface area contributed by atoms with Crippen LogP contribution >= 0.6 is 11.3 Å². The van der Waals surface area contributed by atoms with E-state index in [9.17, 15) is 9.59 Å². The normalized spacial score (nSPS) is 13.3. The number of carbonyl (C=O) groups is 2. The smallest absolute Gasteiger partial charge is 0.319 e. The maximum absolute atomic E-state index is 12.4. The van der Waals surface area contributed by atoms with Gasteiger partial charge in [0.25, 0.3) is 5.91 Å². The lowest BCUT2D eigenvalue weighted by molar-refractivity contribution is 0.102. The van der Waals surface area contributed by atoms with E-state index in [-0.39, 0.29) is 11.9 Å². The largest absolute Gasteiger partial charge is 0.335 e. The number of nitrogens with zero attached hydrogens (tertiary/aromatic N) is 1. The molecule has 7 heteroatoms. The molecular weight excluding hydrogens is 348 g/mol. The molecule has 2 aromatic rings. The fourth-order valence-corrected chi connectivity index (χ4v) is 3.54. The molecule has 1 saturated carbocycles. The number of carbonyl (C=O) groups excluding carboxylic acids is 2. The predicted molar refractivity (Wildman–Crippen MR) is 105 cm³/mol. The van der Waals surface area contributed by atoms with Gasteiger partial charge >= 0.3 is 6.03 Å². The summed E-state index contributed by atoms with van der Waals surface area (Å²) < 4.78 is 0. The van der Waals surface area contributed by atoms with E-state index in [0.717, 1.165) is 37.8 Å². The number of rotatable bonds is 7. The van der Waals surface area contributed by atoms with Gasteiger partial charge in [-0.15, -0.1) is 11.3 Å². The molecule has 1 aliphatic carbocycles. The van der Waals surface area contributed by atoms with Crippen molar-refractivity contribution in [3.63, 3.8) is 0 Å². The number of hydrogen-bond donors (Lipinski definition) is 3. The summed E-state index contributed by atoms with van der Waals surface area (Å²) in [5, 5.41) is 9.14. The van der Waals surface area contributed by atoms with E-state index in [1.807, 2.05) is 0 Å². The van der Waals surface area contributed by atoms with Gasteiger partial charge in [-0.2, -0.15) is 0 Å². The Kier molecular flexibility index (Phi) is 5.88. The van der Waals surface area contributed by atoms with Crippen LogP contribution in [0.5, 0.6) is 0 Å². The van der Waals surface area contributed by atoms with E-state index in [2.05, 4.69) is 34.8 Å². The van der Waals surface area contributed by atoms with Gasteiger partial charge in [-0.3, -0.25) is 10.1 Å². The minimum absolute atomic E-state index is 0.196. The number of hydrogen-bond acceptors (Lipinski definition) is 4. The fourth-order valence-electron chi connectivity index (χ4n) is 2.60. The third-order valence-electron chi connectivity index (χ3n) is 4.12. The van der Waals surface area contributed by atoms with E-state index < -0.39 is 0 Å². The molecule has 1 aromatic heterocycles. The van der Waals surface area contributed by atoms with Crippen LogP contribution in [0.2, 0.25) is 0 Å². The van der Waals surface area contributed by atoms with Crippen LogP contribution in [-0.2, 0) is 12.8 Å². The first kappa shape index (κ1) is 18.4. The van der Waals surface area contributed by atoms with Crippen LogP contribution in [0, 0.1) is 0 Å². The van der Waals surface area contributed by atoms with Crippen LogP contribution in [-0.4, -0.2) is 23.0 Å². The van der Waals surface area contributed by atoms with Crippen molar-refractivity contribution in [2.24, 2.45) is 0 Å². The summed E-state index contributed by atoms with van der Waals surface area (Å²) in [6.45, 7) is 4.22. The summed E-state index contributed by atoms with van der Waals surface area (Å²) in [4.78, 5) is 29.9. The van der Waals surface area contributed by atoms with E-state index in [0.29, 0.717) is 22.4 Å². The summed E-state index contributed by atoms with van der Waals surface area (Å²) in [5.74, 6) is -0.196. The fraction of sp³-hybridized carbons (Fsp3) is 0.421. The molecule has 0 radical (unpaired) electrons. The van der Waals surface area contributed by atoms with Gasteiger partial charge in [-0.25, -0.2) is 9.78 Å². The third-order valence-corrected chi connectivity index (χ3v) is 5.28. The van der Waals surface area contributed by atoms with Gasteiger partial charge in [0.1, 0.15) is 0 Å². The van der Waals surface area contributed by atoms with Crippen molar-refractivity contribution >= 4 is 34.1 Å². The minimum atomic E-state index is -0.206. The van der Waals surface area contributed by atoms with Gasteiger partial charge in [-0.05, 0) is 49.9 Å². The molecule has 0 atom stereocenters. The number of anilines is 2. The van der Waals surface area contributed by atoms with Crippen LogP contribution in [0.25, 0.3) is 0 Å². The second-order valence-electron chi connectivity index (χ2n) is 6.40. The van der Waals surface area contributed by atoms with Gasteiger partial charge in [-0.1, -0.05) is 20.3 Å². The highest BCUT2D eigenvalue weighted by Crippen LogP contribution is 2.25. The molecule has 1 heterocycles. The SMILES string of the molecule is CCCc1nc(NC(=O)c2ccc(NC(=O)NC3CC3)cc2)sc1CC. The van der Waals surface area contributed by atoms with Crippen molar-refractivity contribution in [1.29, 1.82) is 0 Å². The zero-order valence-electron chi connectivity index (χ0n) is 15.1. The number of benzene rings is 1. The molecule has 26 heavy (non-hydrogen) atoms. The molecule has 138 valence electrons. The quantitative estimate of drug-likeness (QED) is 0.681. The Balaban J connectivity index is 1.59. The maximum Gasteiger partial charge on any atom is 0.319 e. The summed E-state index contributed by atoms with van der Waals surface area (Å²) >= 11 is 1.54. The summed E-state index contributed by atoms with van der Waals surface area (Å²) in [6, 6.07) is 6.95. The van der Waals surface area contributed by atoms with Crippen molar-refractivity contribution < 1.29 is 9.59 Å². The lowest BCUT2D eigenvalue weighted by atomic mass is 10.2. The van der Waals surface area contributed by atoms with Gasteiger partial charge in [0.05, 0.1) is 5.69 Å². The Morgan fingerprint density at radius 1 is 1.15 bits per heavy atom. The minimum Gasteiger partial charge on any atom is -0.335 e. The molecule has 0 unspecified atom stereocenters. The third kappa shape index (κ3) is 4.82. The zero-order chi connectivity index (χ0) is 18.5. The molecule has 0 spiro atoms. The molecule has 3 N–H and O–H groups in total. The van der Waals surface area contributed by atoms with Crippen molar-refractivity contribution in [1.82, 2.24) is 10.3 Å². The zero-order valence-corrected chi connectivity index (χ0v) is 15.9. The van der Waals surface area contributed by atoms with Crippen molar-refractivity contribution in [2.75, 3.05) is 10.6 Å². The molecular formula is C19H24N4O2S. The standard InChI is InChI=1S/C19H24N4O2S/c1-3-5-15-16(4-2)26-19(22-15)23-17(24)12-6-8-13(9-7-12)20-18(25)21-14-10-11-14/h6-9,14H,3-5,10-11H2,1-2H3,(H2,20,21,25)(H,22,23,24). The average Bonchev–Trinajstić information content (AvgIpc) is 3.35. The monoisotopic (exact) mass is 372 g/mol. The number of thiazole rings is 1. The van der Waals surface area contributed by atoms with Crippen molar-refractivity contribution in [3.8, 4) is 0 Å². The van der Waals surface area contributed by atoms with E-state index >= 15 is 0 Å². The van der Waals surface area contributed by atoms with Crippen molar-refractivity contribution in [3.05, 3.63) is 40.4 Å². The maximum atomic E-state index is 12.4. The number of nitrogens with one attached hydrogen (secondary N) is 3. The summed E-state index contributed by atoms with van der Waals surface area (Å²) in [6.07, 6.45) is 4.98. The van der Waals surface area contributed by atoms with Crippen LogP contribution in [0.3, 0.4) is 0 Å². The Morgan fingerprint density at radius 3 is 2.50 bits per heavy atom.